The number of phenols is 1. The number of aryl methyl sites for hydroxylation is 2. The van der Waals surface area contributed by atoms with Crippen LogP contribution in [0.4, 0.5) is 4.39 Å². The number of aromatic hydroxyl groups is 1. The minimum atomic E-state index is -0.935. The summed E-state index contributed by atoms with van der Waals surface area (Å²) in [5, 5.41) is 20.4. The van der Waals surface area contributed by atoms with Crippen molar-refractivity contribution in [1.82, 2.24) is 4.90 Å². The van der Waals surface area contributed by atoms with Gasteiger partial charge in [-0.15, -0.1) is 0 Å². The molecule has 2 aliphatic rings. The van der Waals surface area contributed by atoms with Crippen molar-refractivity contribution in [2.45, 2.75) is 45.1 Å². The fourth-order valence-electron chi connectivity index (χ4n) is 5.69. The van der Waals surface area contributed by atoms with E-state index in [-0.39, 0.29) is 24.1 Å². The molecule has 1 aliphatic heterocycles. The SMILES string of the molecule is Cc1ccc(C2=C(c3ccc(OC4CCN(CCCF)C4)cc3)c3ccc(C(=O)O)cc3CCC2)c(O)c1. The van der Waals surface area contributed by atoms with Crippen LogP contribution in [0.2, 0.25) is 0 Å². The van der Waals surface area contributed by atoms with Gasteiger partial charge in [-0.2, -0.15) is 0 Å². The van der Waals surface area contributed by atoms with Crippen molar-refractivity contribution in [2.75, 3.05) is 26.3 Å². The van der Waals surface area contributed by atoms with E-state index in [0.717, 1.165) is 90.0 Å². The summed E-state index contributed by atoms with van der Waals surface area (Å²) in [6.07, 6.45) is 3.95. The topological polar surface area (TPSA) is 70.0 Å². The van der Waals surface area contributed by atoms with Gasteiger partial charge in [-0.3, -0.25) is 9.29 Å². The average molecular weight is 516 g/mol. The Morgan fingerprint density at radius 1 is 1.05 bits per heavy atom. The first-order valence-corrected chi connectivity index (χ1v) is 13.4. The predicted octanol–water partition coefficient (Wildman–Crippen LogP) is 6.51. The molecule has 6 heteroatoms. The third-order valence-electron chi connectivity index (χ3n) is 7.56. The summed E-state index contributed by atoms with van der Waals surface area (Å²) < 4.78 is 18.8. The van der Waals surface area contributed by atoms with Crippen LogP contribution < -0.4 is 4.74 Å². The lowest BCUT2D eigenvalue weighted by molar-refractivity contribution is 0.0696. The number of ether oxygens (including phenoxy) is 1. The minimum absolute atomic E-state index is 0.0905. The maximum absolute atomic E-state index is 12.5. The van der Waals surface area contributed by atoms with Crippen LogP contribution in [0.25, 0.3) is 11.1 Å². The molecule has 3 aromatic rings. The molecule has 0 saturated carbocycles. The third-order valence-corrected chi connectivity index (χ3v) is 7.56. The number of likely N-dealkylation sites (tertiary alicyclic amines) is 1. The molecule has 5 rings (SSSR count). The number of fused-ring (bicyclic) bond motifs is 1. The number of carboxylic acids is 1. The lowest BCUT2D eigenvalue weighted by Gasteiger charge is -2.19. The van der Waals surface area contributed by atoms with Gasteiger partial charge in [0.1, 0.15) is 17.6 Å². The van der Waals surface area contributed by atoms with Crippen LogP contribution in [0.3, 0.4) is 0 Å². The van der Waals surface area contributed by atoms with Crippen LogP contribution >= 0.6 is 0 Å². The van der Waals surface area contributed by atoms with Crippen LogP contribution in [0, 0.1) is 6.92 Å². The molecule has 1 atom stereocenters. The summed E-state index contributed by atoms with van der Waals surface area (Å²) in [5.74, 6) is 0.110. The highest BCUT2D eigenvalue weighted by molar-refractivity contribution is 6.01. The second kappa shape index (κ2) is 11.4. The van der Waals surface area contributed by atoms with Crippen molar-refractivity contribution < 1.29 is 24.1 Å². The molecule has 1 fully saturated rings. The summed E-state index contributed by atoms with van der Waals surface area (Å²) in [6.45, 7) is 4.17. The fraction of sp³-hybridized carbons (Fsp3) is 0.344. The summed E-state index contributed by atoms with van der Waals surface area (Å²) in [4.78, 5) is 13.9. The Balaban J connectivity index is 1.51. The number of benzene rings is 3. The molecule has 0 radical (unpaired) electrons. The second-order valence-corrected chi connectivity index (χ2v) is 10.3. The summed E-state index contributed by atoms with van der Waals surface area (Å²) >= 11 is 0. The molecule has 2 N–H and O–H groups in total. The first kappa shape index (κ1) is 26.0. The quantitative estimate of drug-likeness (QED) is 0.358. The van der Waals surface area contributed by atoms with Crippen molar-refractivity contribution in [3.8, 4) is 11.5 Å². The number of carbonyl (C=O) groups is 1. The number of rotatable bonds is 8. The van der Waals surface area contributed by atoms with E-state index in [1.807, 2.05) is 49.4 Å². The largest absolute Gasteiger partial charge is 0.507 e. The summed E-state index contributed by atoms with van der Waals surface area (Å²) in [7, 11) is 0. The predicted molar refractivity (Wildman–Crippen MR) is 148 cm³/mol. The van der Waals surface area contributed by atoms with Gasteiger partial charge >= 0.3 is 5.97 Å². The van der Waals surface area contributed by atoms with Crippen molar-refractivity contribution in [3.63, 3.8) is 0 Å². The van der Waals surface area contributed by atoms with Crippen molar-refractivity contribution >= 4 is 17.1 Å². The Bertz CT molecular complexity index is 1350. The first-order valence-electron chi connectivity index (χ1n) is 13.4. The lowest BCUT2D eigenvalue weighted by Crippen LogP contribution is -2.26. The zero-order chi connectivity index (χ0) is 26.6. The Morgan fingerprint density at radius 3 is 2.58 bits per heavy atom. The standard InChI is InChI=1S/C32H34FNO4/c1-21-6-12-28(30(35)18-21)29-5-2-4-23-19-24(32(36)37)9-13-27(23)31(29)22-7-10-25(11-8-22)38-26-14-17-34(20-26)16-3-15-33/h6-13,18-19,26,35H,2-5,14-17,20H2,1H3,(H,36,37). The number of hydrogen-bond donors (Lipinski definition) is 2. The Labute approximate surface area is 223 Å². The molecular formula is C32H34FNO4. The fourth-order valence-corrected chi connectivity index (χ4v) is 5.69. The summed E-state index contributed by atoms with van der Waals surface area (Å²) in [6, 6.07) is 19.2. The van der Waals surface area contributed by atoms with Gasteiger partial charge in [-0.1, -0.05) is 30.3 Å². The monoisotopic (exact) mass is 515 g/mol. The van der Waals surface area contributed by atoms with Crippen LogP contribution in [-0.4, -0.2) is 53.5 Å². The normalized spacial score (nSPS) is 17.8. The average Bonchev–Trinajstić information content (AvgIpc) is 3.26. The zero-order valence-electron chi connectivity index (χ0n) is 21.8. The lowest BCUT2D eigenvalue weighted by atomic mass is 9.87. The van der Waals surface area contributed by atoms with Gasteiger partial charge < -0.3 is 14.9 Å². The van der Waals surface area contributed by atoms with E-state index in [4.69, 9.17) is 4.74 Å². The second-order valence-electron chi connectivity index (χ2n) is 10.3. The molecule has 1 aliphatic carbocycles. The van der Waals surface area contributed by atoms with E-state index < -0.39 is 5.97 Å². The zero-order valence-corrected chi connectivity index (χ0v) is 21.8. The Hall–Kier alpha value is -3.64. The number of hydrogen-bond acceptors (Lipinski definition) is 4. The van der Waals surface area contributed by atoms with E-state index in [2.05, 4.69) is 4.90 Å². The molecule has 0 bridgehead atoms. The molecule has 1 heterocycles. The van der Waals surface area contributed by atoms with Gasteiger partial charge in [0.2, 0.25) is 0 Å². The van der Waals surface area contributed by atoms with Crippen molar-refractivity contribution in [3.05, 3.63) is 94.0 Å². The number of phenolic OH excluding ortho intramolecular Hbond substituents is 1. The number of carboxylic acid groups (broad SMARTS) is 1. The minimum Gasteiger partial charge on any atom is -0.507 e. The Kier molecular flexibility index (Phi) is 7.79. The number of aromatic carboxylic acids is 1. The molecule has 5 nitrogen and oxygen atoms in total. The van der Waals surface area contributed by atoms with E-state index in [9.17, 15) is 19.4 Å². The Morgan fingerprint density at radius 2 is 1.84 bits per heavy atom. The maximum atomic E-state index is 12.5. The number of halogens is 1. The molecular weight excluding hydrogens is 481 g/mol. The highest BCUT2D eigenvalue weighted by Crippen LogP contribution is 2.43. The highest BCUT2D eigenvalue weighted by Gasteiger charge is 2.25. The van der Waals surface area contributed by atoms with Gasteiger partial charge in [0.05, 0.1) is 12.2 Å². The van der Waals surface area contributed by atoms with Crippen molar-refractivity contribution in [2.24, 2.45) is 0 Å². The first-order chi connectivity index (χ1) is 18.4. The van der Waals surface area contributed by atoms with E-state index in [0.29, 0.717) is 6.42 Å². The molecule has 1 unspecified atom stereocenters. The number of nitrogens with zero attached hydrogens (tertiary/aromatic N) is 1. The van der Waals surface area contributed by atoms with Gasteiger partial charge in [-0.05, 0) is 103 Å². The molecule has 3 aromatic carbocycles. The van der Waals surface area contributed by atoms with Crippen LogP contribution in [0.15, 0.2) is 60.7 Å². The van der Waals surface area contributed by atoms with Gasteiger partial charge in [-0.25, -0.2) is 4.79 Å². The van der Waals surface area contributed by atoms with Crippen LogP contribution in [-0.2, 0) is 6.42 Å². The van der Waals surface area contributed by atoms with Crippen molar-refractivity contribution in [1.29, 1.82) is 0 Å². The molecule has 38 heavy (non-hydrogen) atoms. The van der Waals surface area contributed by atoms with Gasteiger partial charge in [0.25, 0.3) is 0 Å². The molecule has 0 amide bonds. The molecule has 198 valence electrons. The van der Waals surface area contributed by atoms with Crippen LogP contribution in [0.1, 0.15) is 63.9 Å². The number of alkyl halides is 1. The molecule has 0 aromatic heterocycles. The molecule has 0 spiro atoms. The smallest absolute Gasteiger partial charge is 0.335 e. The van der Waals surface area contributed by atoms with Gasteiger partial charge in [0.15, 0.2) is 0 Å². The third kappa shape index (κ3) is 5.60. The maximum Gasteiger partial charge on any atom is 0.335 e. The van der Waals surface area contributed by atoms with Crippen LogP contribution in [0.5, 0.6) is 11.5 Å². The highest BCUT2D eigenvalue weighted by atomic mass is 19.1. The summed E-state index contributed by atoms with van der Waals surface area (Å²) in [5.41, 5.74) is 7.14. The van der Waals surface area contributed by atoms with E-state index in [1.165, 1.54) is 0 Å². The number of allylic oxidation sites excluding steroid dienone is 1. The molecule has 1 saturated heterocycles. The van der Waals surface area contributed by atoms with E-state index in [1.54, 1.807) is 18.2 Å². The van der Waals surface area contributed by atoms with Gasteiger partial charge in [0, 0.05) is 25.2 Å². The van der Waals surface area contributed by atoms with E-state index >= 15 is 0 Å².